The Morgan fingerprint density at radius 2 is 1.07 bits per heavy atom. The molecule has 0 aliphatic rings. The molecule has 214 valence electrons. The fraction of sp³-hybridized carbons (Fsp3) is 0. The summed E-state index contributed by atoms with van der Waals surface area (Å²) in [4.78, 5) is 15.4. The van der Waals surface area contributed by atoms with E-state index in [1.807, 2.05) is 6.07 Å². The van der Waals surface area contributed by atoms with E-state index in [4.69, 9.17) is 19.4 Å². The molecule has 3 heterocycles. The zero-order valence-electron chi connectivity index (χ0n) is 24.4. The Kier molecular flexibility index (Phi) is 5.41. The van der Waals surface area contributed by atoms with Crippen LogP contribution >= 0.6 is 11.3 Å². The summed E-state index contributed by atoms with van der Waals surface area (Å²) in [6.45, 7) is 0. The maximum absolute atomic E-state index is 6.61. The van der Waals surface area contributed by atoms with Crippen LogP contribution < -0.4 is 0 Å². The third-order valence-electron chi connectivity index (χ3n) is 8.89. The van der Waals surface area contributed by atoms with Crippen molar-refractivity contribution in [2.24, 2.45) is 0 Å². The summed E-state index contributed by atoms with van der Waals surface area (Å²) in [5.41, 5.74) is 4.39. The number of rotatable bonds is 3. The molecule has 0 aliphatic heterocycles. The monoisotopic (exact) mass is 605 g/mol. The van der Waals surface area contributed by atoms with E-state index in [1.54, 1.807) is 11.3 Å². The highest BCUT2D eigenvalue weighted by atomic mass is 32.1. The molecule has 0 saturated heterocycles. The van der Waals surface area contributed by atoms with Gasteiger partial charge in [-0.3, -0.25) is 0 Å². The Labute approximate surface area is 267 Å². The summed E-state index contributed by atoms with van der Waals surface area (Å²) in [5, 5.41) is 9.21. The summed E-state index contributed by atoms with van der Waals surface area (Å²) in [7, 11) is 0. The molecule has 0 spiro atoms. The van der Waals surface area contributed by atoms with Crippen LogP contribution in [0.3, 0.4) is 0 Å². The molecule has 10 rings (SSSR count). The molecule has 0 fully saturated rings. The molecular weight excluding hydrogens is 583 g/mol. The number of hydrogen-bond donors (Lipinski definition) is 0. The van der Waals surface area contributed by atoms with Crippen LogP contribution in [0.5, 0.6) is 0 Å². The maximum atomic E-state index is 6.61. The van der Waals surface area contributed by atoms with E-state index in [-0.39, 0.29) is 0 Å². The van der Waals surface area contributed by atoms with E-state index in [0.29, 0.717) is 17.5 Å². The van der Waals surface area contributed by atoms with Crippen molar-refractivity contribution in [1.29, 1.82) is 0 Å². The van der Waals surface area contributed by atoms with E-state index in [0.717, 1.165) is 49.4 Å². The third-order valence-corrected chi connectivity index (χ3v) is 10.1. The summed E-state index contributed by atoms with van der Waals surface area (Å²) in [6.07, 6.45) is 0. The van der Waals surface area contributed by atoms with Crippen LogP contribution in [0.2, 0.25) is 0 Å². The molecule has 10 aromatic rings. The molecule has 0 unspecified atom stereocenters. The highest BCUT2D eigenvalue weighted by molar-refractivity contribution is 7.26. The molecule has 0 amide bonds. The zero-order valence-corrected chi connectivity index (χ0v) is 25.3. The Bertz CT molecular complexity index is 2830. The average Bonchev–Trinajstić information content (AvgIpc) is 3.68. The van der Waals surface area contributed by atoms with Crippen molar-refractivity contribution >= 4 is 75.0 Å². The van der Waals surface area contributed by atoms with Crippen molar-refractivity contribution < 1.29 is 4.42 Å². The molecule has 7 aromatic carbocycles. The number of thiophene rings is 1. The number of nitrogens with zero attached hydrogens (tertiary/aromatic N) is 3. The molecule has 4 nitrogen and oxygen atoms in total. The highest BCUT2D eigenvalue weighted by Gasteiger charge is 2.20. The lowest BCUT2D eigenvalue weighted by molar-refractivity contribution is 0.670. The molecule has 3 aromatic heterocycles. The minimum absolute atomic E-state index is 0.584. The molecular formula is C41H23N3OS. The topological polar surface area (TPSA) is 51.8 Å². The van der Waals surface area contributed by atoms with E-state index < -0.39 is 0 Å². The standard InChI is InChI=1S/C41H23N3OS/c1-2-10-25-21-28(20-19-24(25)9-1)39-42-40(44-41(43-39)33-17-8-15-31-29-13-5-6-18-36(29)46-38(31)33)32-16-7-14-30-34-22-26-11-3-4-12-27(26)23-35(34)45-37(30)32/h1-23H. The minimum atomic E-state index is 0.584. The first-order chi connectivity index (χ1) is 22.8. The van der Waals surface area contributed by atoms with Crippen molar-refractivity contribution in [3.8, 4) is 34.2 Å². The Morgan fingerprint density at radius 3 is 1.91 bits per heavy atom. The van der Waals surface area contributed by atoms with Gasteiger partial charge in [-0.15, -0.1) is 11.3 Å². The third kappa shape index (κ3) is 3.89. The minimum Gasteiger partial charge on any atom is -0.455 e. The number of benzene rings is 7. The van der Waals surface area contributed by atoms with Gasteiger partial charge in [-0.1, -0.05) is 103 Å². The first-order valence-corrected chi connectivity index (χ1v) is 16.1. The van der Waals surface area contributed by atoms with Crippen LogP contribution in [0.15, 0.2) is 144 Å². The van der Waals surface area contributed by atoms with E-state index in [2.05, 4.69) is 133 Å². The zero-order chi connectivity index (χ0) is 30.2. The van der Waals surface area contributed by atoms with Gasteiger partial charge in [0.05, 0.1) is 5.56 Å². The fourth-order valence-corrected chi connectivity index (χ4v) is 7.87. The SMILES string of the molecule is c1ccc2cc(-c3nc(-c4cccc5c4oc4cc6ccccc6cc45)nc(-c4cccc5c4sc4ccccc45)n3)ccc2c1. The van der Waals surface area contributed by atoms with Crippen molar-refractivity contribution in [2.75, 3.05) is 0 Å². The van der Waals surface area contributed by atoms with Gasteiger partial charge in [0.15, 0.2) is 17.5 Å². The van der Waals surface area contributed by atoms with E-state index in [1.165, 1.54) is 30.9 Å². The lowest BCUT2D eigenvalue weighted by atomic mass is 10.0. The van der Waals surface area contributed by atoms with Crippen LogP contribution in [0, 0.1) is 0 Å². The van der Waals surface area contributed by atoms with Gasteiger partial charge in [0.2, 0.25) is 0 Å². The second kappa shape index (κ2) is 9.80. The quantitative estimate of drug-likeness (QED) is 0.201. The summed E-state index contributed by atoms with van der Waals surface area (Å²) >= 11 is 1.78. The number of fused-ring (bicyclic) bond motifs is 8. The lowest BCUT2D eigenvalue weighted by Gasteiger charge is -2.10. The van der Waals surface area contributed by atoms with Gasteiger partial charge in [0.1, 0.15) is 11.2 Å². The van der Waals surface area contributed by atoms with Gasteiger partial charge in [-0.25, -0.2) is 15.0 Å². The second-order valence-electron chi connectivity index (χ2n) is 11.6. The van der Waals surface area contributed by atoms with Crippen LogP contribution in [-0.2, 0) is 0 Å². The molecule has 0 saturated carbocycles. The van der Waals surface area contributed by atoms with Crippen LogP contribution in [0.4, 0.5) is 0 Å². The largest absolute Gasteiger partial charge is 0.455 e. The van der Waals surface area contributed by atoms with Gasteiger partial charge < -0.3 is 4.42 Å². The number of hydrogen-bond acceptors (Lipinski definition) is 5. The predicted molar refractivity (Wildman–Crippen MR) is 191 cm³/mol. The molecule has 0 aliphatic carbocycles. The average molecular weight is 606 g/mol. The Morgan fingerprint density at radius 1 is 0.435 bits per heavy atom. The van der Waals surface area contributed by atoms with Gasteiger partial charge in [-0.05, 0) is 57.9 Å². The molecule has 0 radical (unpaired) electrons. The number of aromatic nitrogens is 3. The van der Waals surface area contributed by atoms with Crippen LogP contribution in [-0.4, -0.2) is 15.0 Å². The first-order valence-electron chi connectivity index (χ1n) is 15.3. The fourth-order valence-electron chi connectivity index (χ4n) is 6.66. The normalized spacial score (nSPS) is 11.9. The molecule has 0 N–H and O–H groups in total. The lowest BCUT2D eigenvalue weighted by Crippen LogP contribution is -2.00. The van der Waals surface area contributed by atoms with E-state index >= 15 is 0 Å². The summed E-state index contributed by atoms with van der Waals surface area (Å²) < 4.78 is 9.02. The van der Waals surface area contributed by atoms with Crippen molar-refractivity contribution in [3.05, 3.63) is 140 Å². The van der Waals surface area contributed by atoms with Gasteiger partial charge >= 0.3 is 0 Å². The Balaban J connectivity index is 1.25. The van der Waals surface area contributed by atoms with E-state index in [9.17, 15) is 0 Å². The number of para-hydroxylation sites is 1. The van der Waals surface area contributed by atoms with Crippen LogP contribution in [0.1, 0.15) is 0 Å². The van der Waals surface area contributed by atoms with Crippen molar-refractivity contribution in [2.45, 2.75) is 0 Å². The maximum Gasteiger partial charge on any atom is 0.167 e. The molecule has 0 atom stereocenters. The number of furan rings is 1. The predicted octanol–water partition coefficient (Wildman–Crippen LogP) is 11.4. The smallest absolute Gasteiger partial charge is 0.167 e. The highest BCUT2D eigenvalue weighted by Crippen LogP contribution is 2.41. The van der Waals surface area contributed by atoms with Gasteiger partial charge in [-0.2, -0.15) is 0 Å². The summed E-state index contributed by atoms with van der Waals surface area (Å²) in [5.74, 6) is 1.85. The van der Waals surface area contributed by atoms with Gasteiger partial charge in [0, 0.05) is 42.1 Å². The second-order valence-corrected chi connectivity index (χ2v) is 12.7. The summed E-state index contributed by atoms with van der Waals surface area (Å²) in [6, 6.07) is 48.6. The first kappa shape index (κ1) is 25.4. The Hall–Kier alpha value is -5.91. The van der Waals surface area contributed by atoms with Gasteiger partial charge in [0.25, 0.3) is 0 Å². The van der Waals surface area contributed by atoms with Crippen molar-refractivity contribution in [3.63, 3.8) is 0 Å². The van der Waals surface area contributed by atoms with Crippen LogP contribution in [0.25, 0.3) is 97.8 Å². The van der Waals surface area contributed by atoms with Crippen molar-refractivity contribution in [1.82, 2.24) is 15.0 Å². The molecule has 0 bridgehead atoms. The molecule has 46 heavy (non-hydrogen) atoms. The molecule has 5 heteroatoms.